The predicted octanol–water partition coefficient (Wildman–Crippen LogP) is 4.90. The predicted molar refractivity (Wildman–Crippen MR) is 128 cm³/mol. The summed E-state index contributed by atoms with van der Waals surface area (Å²) >= 11 is 11.8. The molecule has 4 rings (SSSR count). The molecular weight excluding hydrogens is 483 g/mol. The molecule has 0 radical (unpaired) electrons. The van der Waals surface area contributed by atoms with Gasteiger partial charge in [0.1, 0.15) is 11.1 Å². The van der Waals surface area contributed by atoms with Gasteiger partial charge >= 0.3 is 0 Å². The number of fused-ring (bicyclic) bond motifs is 1. The maximum Gasteiger partial charge on any atom is 0.288 e. The van der Waals surface area contributed by atoms with Crippen molar-refractivity contribution in [1.82, 2.24) is 0 Å². The Bertz CT molecular complexity index is 1330. The van der Waals surface area contributed by atoms with Crippen molar-refractivity contribution in [2.24, 2.45) is 0 Å². The molecule has 0 fully saturated rings. The number of nitrogens with one attached hydrogen (secondary N) is 2. The second-order valence-corrected chi connectivity index (χ2v) is 8.23. The first-order valence-electron chi connectivity index (χ1n) is 9.97. The number of carbonyl (C=O) groups excluding carboxylic acids is 3. The van der Waals surface area contributed by atoms with Gasteiger partial charge in [0, 0.05) is 22.3 Å². The Kier molecular flexibility index (Phi) is 6.49. The highest BCUT2D eigenvalue weighted by molar-refractivity contribution is 6.33. The third-order valence-corrected chi connectivity index (χ3v) is 5.69. The number of carbonyl (C=O) groups is 3. The smallest absolute Gasteiger partial charge is 0.288 e. The summed E-state index contributed by atoms with van der Waals surface area (Å²) in [7, 11) is 0. The van der Waals surface area contributed by atoms with E-state index in [1.165, 1.54) is 17.0 Å². The molecule has 3 aromatic rings. The molecule has 0 aliphatic carbocycles. The Hall–Kier alpha value is -3.95. The normalized spacial score (nSPS) is 14.7. The molecule has 1 heterocycles. The van der Waals surface area contributed by atoms with Gasteiger partial charge in [-0.25, -0.2) is 0 Å². The van der Waals surface area contributed by atoms with Crippen LogP contribution in [0.3, 0.4) is 0 Å². The van der Waals surface area contributed by atoms with Gasteiger partial charge in [0.05, 0.1) is 22.7 Å². The molecule has 1 atom stereocenters. The molecule has 1 aliphatic heterocycles. The summed E-state index contributed by atoms with van der Waals surface area (Å²) in [5, 5.41) is 16.9. The van der Waals surface area contributed by atoms with Crippen LogP contribution in [0.25, 0.3) is 0 Å². The number of nitrogens with zero attached hydrogens (tertiary/aromatic N) is 2. The van der Waals surface area contributed by atoms with E-state index in [4.69, 9.17) is 23.2 Å². The van der Waals surface area contributed by atoms with Crippen molar-refractivity contribution in [1.29, 1.82) is 0 Å². The van der Waals surface area contributed by atoms with Crippen LogP contribution in [0, 0.1) is 10.1 Å². The van der Waals surface area contributed by atoms with Crippen LogP contribution in [0.15, 0.2) is 66.7 Å². The van der Waals surface area contributed by atoms with Gasteiger partial charge in [-0.3, -0.25) is 29.4 Å². The maximum atomic E-state index is 13.5. The Morgan fingerprint density at radius 3 is 2.56 bits per heavy atom. The molecule has 0 aromatic heterocycles. The summed E-state index contributed by atoms with van der Waals surface area (Å²) in [6, 6.07) is 15.5. The second-order valence-electron chi connectivity index (χ2n) is 7.38. The van der Waals surface area contributed by atoms with Gasteiger partial charge in [0.2, 0.25) is 11.8 Å². The highest BCUT2D eigenvalue weighted by Gasteiger charge is 2.39. The van der Waals surface area contributed by atoms with Crippen molar-refractivity contribution in [3.05, 3.63) is 92.5 Å². The summed E-state index contributed by atoms with van der Waals surface area (Å²) in [4.78, 5) is 51.0. The zero-order valence-electron chi connectivity index (χ0n) is 17.3. The molecular formula is C23H16Cl2N4O5. The summed E-state index contributed by atoms with van der Waals surface area (Å²) in [5.41, 5.74) is 0.653. The molecule has 9 nitrogen and oxygen atoms in total. The van der Waals surface area contributed by atoms with Crippen LogP contribution in [-0.2, 0) is 9.59 Å². The molecule has 0 spiro atoms. The topological polar surface area (TPSA) is 122 Å². The van der Waals surface area contributed by atoms with E-state index in [0.29, 0.717) is 22.1 Å². The van der Waals surface area contributed by atoms with E-state index in [-0.39, 0.29) is 17.0 Å². The SMILES string of the molecule is O=C(CC1C(=O)Nc2ccccc2N1C(=O)c1ccc(Cl)c([N+](=O)[O-])c1)Nc1cccc(Cl)c1. The standard InChI is InChI=1S/C23H16Cl2N4O5/c24-14-4-3-5-15(11-14)26-21(30)12-20-22(31)27-17-6-1-2-7-18(17)28(20)23(32)13-8-9-16(25)19(10-13)29(33)34/h1-11,20H,12H2,(H,26,30)(H,27,31). The average molecular weight is 499 g/mol. The number of nitro groups is 1. The van der Waals surface area contributed by atoms with E-state index in [0.717, 1.165) is 6.07 Å². The Labute approximate surface area is 203 Å². The van der Waals surface area contributed by atoms with Crippen molar-refractivity contribution >= 4 is 63.7 Å². The van der Waals surface area contributed by atoms with E-state index in [1.807, 2.05) is 0 Å². The Balaban J connectivity index is 1.69. The molecule has 11 heteroatoms. The lowest BCUT2D eigenvalue weighted by molar-refractivity contribution is -0.384. The first-order valence-corrected chi connectivity index (χ1v) is 10.7. The molecule has 3 amide bonds. The van der Waals surface area contributed by atoms with Crippen LogP contribution in [0.2, 0.25) is 10.0 Å². The fraction of sp³-hybridized carbons (Fsp3) is 0.0870. The zero-order valence-corrected chi connectivity index (χ0v) is 18.8. The number of halogens is 2. The van der Waals surface area contributed by atoms with E-state index >= 15 is 0 Å². The Morgan fingerprint density at radius 2 is 1.82 bits per heavy atom. The van der Waals surface area contributed by atoms with Gasteiger partial charge in [0.25, 0.3) is 11.6 Å². The number of nitro benzene ring substituents is 1. The van der Waals surface area contributed by atoms with E-state index in [1.54, 1.807) is 48.5 Å². The van der Waals surface area contributed by atoms with E-state index in [2.05, 4.69) is 10.6 Å². The quantitative estimate of drug-likeness (QED) is 0.382. The first kappa shape index (κ1) is 23.2. The van der Waals surface area contributed by atoms with Crippen LogP contribution in [-0.4, -0.2) is 28.7 Å². The minimum Gasteiger partial charge on any atom is -0.326 e. The largest absolute Gasteiger partial charge is 0.326 e. The minimum absolute atomic E-state index is 0.0548. The van der Waals surface area contributed by atoms with E-state index in [9.17, 15) is 24.5 Å². The lowest BCUT2D eigenvalue weighted by atomic mass is 10.0. The maximum absolute atomic E-state index is 13.5. The second kappa shape index (κ2) is 9.50. The molecule has 2 N–H and O–H groups in total. The van der Waals surface area contributed by atoms with Crippen molar-refractivity contribution in [3.8, 4) is 0 Å². The average Bonchev–Trinajstić information content (AvgIpc) is 2.79. The number of para-hydroxylation sites is 2. The van der Waals surface area contributed by atoms with Crippen LogP contribution < -0.4 is 15.5 Å². The molecule has 0 bridgehead atoms. The van der Waals surface area contributed by atoms with Crippen LogP contribution in [0.1, 0.15) is 16.8 Å². The first-order chi connectivity index (χ1) is 16.2. The monoisotopic (exact) mass is 498 g/mol. The van der Waals surface area contributed by atoms with Crippen molar-refractivity contribution in [2.45, 2.75) is 12.5 Å². The number of benzene rings is 3. The minimum atomic E-state index is -1.21. The van der Waals surface area contributed by atoms with Crippen molar-refractivity contribution < 1.29 is 19.3 Å². The fourth-order valence-electron chi connectivity index (χ4n) is 3.60. The lowest BCUT2D eigenvalue weighted by Gasteiger charge is -2.36. The van der Waals surface area contributed by atoms with Crippen LogP contribution in [0.5, 0.6) is 0 Å². The number of amides is 3. The van der Waals surface area contributed by atoms with Crippen molar-refractivity contribution in [3.63, 3.8) is 0 Å². The third-order valence-electron chi connectivity index (χ3n) is 5.13. The highest BCUT2D eigenvalue weighted by Crippen LogP contribution is 2.35. The third kappa shape index (κ3) is 4.70. The summed E-state index contributed by atoms with van der Waals surface area (Å²) in [6.07, 6.45) is -0.367. The summed E-state index contributed by atoms with van der Waals surface area (Å²) < 4.78 is 0. The summed E-state index contributed by atoms with van der Waals surface area (Å²) in [5.74, 6) is -1.79. The number of hydrogen-bond acceptors (Lipinski definition) is 5. The number of rotatable bonds is 5. The molecule has 1 unspecified atom stereocenters. The van der Waals surface area contributed by atoms with Gasteiger partial charge in [-0.15, -0.1) is 0 Å². The number of hydrogen-bond donors (Lipinski definition) is 2. The lowest BCUT2D eigenvalue weighted by Crippen LogP contribution is -2.52. The zero-order chi connectivity index (χ0) is 24.4. The molecule has 34 heavy (non-hydrogen) atoms. The molecule has 172 valence electrons. The van der Waals surface area contributed by atoms with Gasteiger partial charge in [-0.05, 0) is 42.5 Å². The van der Waals surface area contributed by atoms with Crippen molar-refractivity contribution in [2.75, 3.05) is 15.5 Å². The Morgan fingerprint density at radius 1 is 1.06 bits per heavy atom. The van der Waals surface area contributed by atoms with Crippen LogP contribution >= 0.6 is 23.2 Å². The van der Waals surface area contributed by atoms with Gasteiger partial charge in [-0.1, -0.05) is 41.4 Å². The highest BCUT2D eigenvalue weighted by atomic mass is 35.5. The summed E-state index contributed by atoms with van der Waals surface area (Å²) in [6.45, 7) is 0. The molecule has 0 saturated carbocycles. The van der Waals surface area contributed by atoms with Gasteiger partial charge in [-0.2, -0.15) is 0 Å². The molecule has 1 aliphatic rings. The van der Waals surface area contributed by atoms with Crippen LogP contribution in [0.4, 0.5) is 22.7 Å². The van der Waals surface area contributed by atoms with E-state index < -0.39 is 34.4 Å². The molecule has 0 saturated heterocycles. The fourth-order valence-corrected chi connectivity index (χ4v) is 3.98. The van der Waals surface area contributed by atoms with Gasteiger partial charge in [0.15, 0.2) is 0 Å². The number of anilines is 3. The molecule has 3 aromatic carbocycles. The van der Waals surface area contributed by atoms with Gasteiger partial charge < -0.3 is 10.6 Å².